The maximum absolute atomic E-state index is 5.03. The molecule has 0 aromatic carbocycles. The molecular formula is C17H33N3O. The average molecular weight is 295 g/mol. The van der Waals surface area contributed by atoms with Gasteiger partial charge in [-0.25, -0.2) is 0 Å². The number of nitrogens with one attached hydrogen (secondary N) is 1. The number of aryl methyl sites for hydroxylation is 2. The lowest BCUT2D eigenvalue weighted by atomic mass is 10.1. The van der Waals surface area contributed by atoms with Crippen molar-refractivity contribution in [3.63, 3.8) is 0 Å². The van der Waals surface area contributed by atoms with E-state index < -0.39 is 0 Å². The second-order valence-electron chi connectivity index (χ2n) is 5.79. The zero-order valence-electron chi connectivity index (χ0n) is 14.2. The third kappa shape index (κ3) is 8.22. The Morgan fingerprint density at radius 2 is 1.86 bits per heavy atom. The molecule has 1 N–H and O–H groups in total. The molecule has 4 nitrogen and oxygen atoms in total. The quantitative estimate of drug-likeness (QED) is 0.564. The molecule has 1 heterocycles. The Labute approximate surface area is 130 Å². The highest BCUT2D eigenvalue weighted by atomic mass is 16.5. The van der Waals surface area contributed by atoms with Crippen LogP contribution in [0.2, 0.25) is 0 Å². The molecule has 0 saturated heterocycles. The summed E-state index contributed by atoms with van der Waals surface area (Å²) in [5.74, 6) is 0. The van der Waals surface area contributed by atoms with E-state index in [-0.39, 0.29) is 0 Å². The first kappa shape index (κ1) is 18.2. The molecule has 4 heteroatoms. The molecule has 21 heavy (non-hydrogen) atoms. The van der Waals surface area contributed by atoms with Gasteiger partial charge in [0.1, 0.15) is 0 Å². The first-order valence-corrected chi connectivity index (χ1v) is 8.50. The van der Waals surface area contributed by atoms with Crippen molar-refractivity contribution in [2.24, 2.45) is 0 Å². The third-order valence-electron chi connectivity index (χ3n) is 3.84. The predicted octanol–water partition coefficient (Wildman–Crippen LogP) is 3.68. The molecule has 1 rings (SSSR count). The van der Waals surface area contributed by atoms with E-state index in [0.29, 0.717) is 0 Å². The van der Waals surface area contributed by atoms with Crippen LogP contribution in [0.5, 0.6) is 0 Å². The molecular weight excluding hydrogens is 262 g/mol. The fraction of sp³-hybridized carbons (Fsp3) is 0.824. The van der Waals surface area contributed by atoms with Crippen molar-refractivity contribution in [2.45, 2.75) is 71.9 Å². The monoisotopic (exact) mass is 295 g/mol. The Morgan fingerprint density at radius 1 is 1.14 bits per heavy atom. The fourth-order valence-electron chi connectivity index (χ4n) is 2.48. The minimum atomic E-state index is 0.755. The van der Waals surface area contributed by atoms with Crippen molar-refractivity contribution >= 4 is 0 Å². The van der Waals surface area contributed by atoms with Gasteiger partial charge in [0.2, 0.25) is 0 Å². The summed E-state index contributed by atoms with van der Waals surface area (Å²) in [5.41, 5.74) is 2.44. The Morgan fingerprint density at radius 3 is 2.57 bits per heavy atom. The van der Waals surface area contributed by atoms with Gasteiger partial charge in [0, 0.05) is 38.5 Å². The first-order chi connectivity index (χ1) is 10.3. The second kappa shape index (κ2) is 11.8. The van der Waals surface area contributed by atoms with Crippen LogP contribution in [0.1, 0.15) is 63.1 Å². The van der Waals surface area contributed by atoms with Crippen molar-refractivity contribution in [3.05, 3.63) is 17.5 Å². The van der Waals surface area contributed by atoms with Crippen molar-refractivity contribution in [2.75, 3.05) is 20.3 Å². The number of rotatable bonds is 13. The Balaban J connectivity index is 2.15. The van der Waals surface area contributed by atoms with Gasteiger partial charge in [-0.1, -0.05) is 45.4 Å². The molecule has 122 valence electrons. The van der Waals surface area contributed by atoms with Gasteiger partial charge in [-0.3, -0.25) is 4.68 Å². The third-order valence-corrected chi connectivity index (χ3v) is 3.84. The zero-order chi connectivity index (χ0) is 15.3. The van der Waals surface area contributed by atoms with Crippen LogP contribution in [0.3, 0.4) is 0 Å². The van der Waals surface area contributed by atoms with Crippen LogP contribution in [-0.4, -0.2) is 30.0 Å². The maximum atomic E-state index is 5.03. The number of aromatic nitrogens is 2. The van der Waals surface area contributed by atoms with E-state index in [0.717, 1.165) is 31.9 Å². The van der Waals surface area contributed by atoms with Crippen molar-refractivity contribution in [1.29, 1.82) is 0 Å². The highest BCUT2D eigenvalue weighted by molar-refractivity contribution is 5.14. The summed E-state index contributed by atoms with van der Waals surface area (Å²) in [6, 6.07) is 0. The van der Waals surface area contributed by atoms with Gasteiger partial charge in [-0.05, 0) is 13.3 Å². The lowest BCUT2D eigenvalue weighted by Gasteiger charge is -2.03. The van der Waals surface area contributed by atoms with E-state index >= 15 is 0 Å². The van der Waals surface area contributed by atoms with Gasteiger partial charge in [0.15, 0.2) is 0 Å². The molecule has 0 amide bonds. The van der Waals surface area contributed by atoms with Crippen molar-refractivity contribution < 1.29 is 4.74 Å². The number of nitrogens with zero attached hydrogens (tertiary/aromatic N) is 2. The van der Waals surface area contributed by atoms with Crippen LogP contribution in [-0.2, 0) is 17.8 Å². The normalized spacial score (nSPS) is 11.2. The molecule has 0 spiro atoms. The van der Waals surface area contributed by atoms with Gasteiger partial charge in [-0.15, -0.1) is 0 Å². The number of hydrogen-bond donors (Lipinski definition) is 1. The predicted molar refractivity (Wildman–Crippen MR) is 88.5 cm³/mol. The molecule has 0 radical (unpaired) electrons. The van der Waals surface area contributed by atoms with Gasteiger partial charge < -0.3 is 10.1 Å². The molecule has 1 aromatic heterocycles. The summed E-state index contributed by atoms with van der Waals surface area (Å²) in [5, 5.41) is 7.98. The largest absolute Gasteiger partial charge is 0.383 e. The summed E-state index contributed by atoms with van der Waals surface area (Å²) in [7, 11) is 1.73. The molecule has 0 aliphatic rings. The highest BCUT2D eigenvalue weighted by Gasteiger charge is 2.04. The minimum Gasteiger partial charge on any atom is -0.383 e. The molecule has 0 unspecified atom stereocenters. The number of methoxy groups -OCH3 is 1. The standard InChI is InChI=1S/C17H33N3O/c1-4-5-6-7-8-9-10-12-20-15-17(16(2)19-20)14-18-11-13-21-3/h15,18H,4-14H2,1-3H3. The lowest BCUT2D eigenvalue weighted by molar-refractivity contribution is 0.199. The van der Waals surface area contributed by atoms with Crippen LogP contribution in [0.25, 0.3) is 0 Å². The van der Waals surface area contributed by atoms with Gasteiger partial charge in [0.05, 0.1) is 12.3 Å². The smallest absolute Gasteiger partial charge is 0.0638 e. The number of ether oxygens (including phenoxy) is 1. The van der Waals surface area contributed by atoms with E-state index in [1.165, 1.54) is 50.5 Å². The number of hydrogen-bond acceptors (Lipinski definition) is 3. The molecule has 1 aromatic rings. The lowest BCUT2D eigenvalue weighted by Crippen LogP contribution is -2.18. The Bertz CT molecular complexity index is 363. The summed E-state index contributed by atoms with van der Waals surface area (Å²) >= 11 is 0. The van der Waals surface area contributed by atoms with Crippen LogP contribution in [0.15, 0.2) is 6.20 Å². The molecule has 0 fully saturated rings. The summed E-state index contributed by atoms with van der Waals surface area (Å²) < 4.78 is 7.14. The van der Waals surface area contributed by atoms with Crippen LogP contribution < -0.4 is 5.32 Å². The van der Waals surface area contributed by atoms with Gasteiger partial charge >= 0.3 is 0 Å². The van der Waals surface area contributed by atoms with E-state index in [9.17, 15) is 0 Å². The van der Waals surface area contributed by atoms with E-state index in [4.69, 9.17) is 4.74 Å². The molecule has 0 bridgehead atoms. The first-order valence-electron chi connectivity index (χ1n) is 8.50. The van der Waals surface area contributed by atoms with E-state index in [1.807, 2.05) is 0 Å². The Hall–Kier alpha value is -0.870. The fourth-order valence-corrected chi connectivity index (χ4v) is 2.48. The Kier molecular flexibility index (Phi) is 10.2. The van der Waals surface area contributed by atoms with Crippen molar-refractivity contribution in [3.8, 4) is 0 Å². The molecule has 0 aliphatic carbocycles. The van der Waals surface area contributed by atoms with E-state index in [1.54, 1.807) is 7.11 Å². The summed E-state index contributed by atoms with van der Waals surface area (Å²) in [6.07, 6.45) is 11.6. The van der Waals surface area contributed by atoms with E-state index in [2.05, 4.69) is 35.1 Å². The van der Waals surface area contributed by atoms with Gasteiger partial charge in [-0.2, -0.15) is 5.10 Å². The summed E-state index contributed by atoms with van der Waals surface area (Å²) in [6.45, 7) is 7.93. The number of unbranched alkanes of at least 4 members (excludes halogenated alkanes) is 6. The topological polar surface area (TPSA) is 39.1 Å². The summed E-state index contributed by atoms with van der Waals surface area (Å²) in [4.78, 5) is 0. The van der Waals surface area contributed by atoms with Crippen LogP contribution >= 0.6 is 0 Å². The maximum Gasteiger partial charge on any atom is 0.0638 e. The van der Waals surface area contributed by atoms with Crippen LogP contribution in [0.4, 0.5) is 0 Å². The average Bonchev–Trinajstić information content (AvgIpc) is 2.83. The molecule has 0 aliphatic heterocycles. The highest BCUT2D eigenvalue weighted by Crippen LogP contribution is 2.09. The molecule has 0 saturated carbocycles. The van der Waals surface area contributed by atoms with Gasteiger partial charge in [0.25, 0.3) is 0 Å². The SMILES string of the molecule is CCCCCCCCCn1cc(CNCCOC)c(C)n1. The minimum absolute atomic E-state index is 0.755. The zero-order valence-corrected chi connectivity index (χ0v) is 14.2. The molecule has 0 atom stereocenters. The van der Waals surface area contributed by atoms with Crippen LogP contribution in [0, 0.1) is 6.92 Å². The second-order valence-corrected chi connectivity index (χ2v) is 5.79. The van der Waals surface area contributed by atoms with Crippen molar-refractivity contribution in [1.82, 2.24) is 15.1 Å².